The van der Waals surface area contributed by atoms with Gasteiger partial charge in [-0.25, -0.2) is 4.98 Å². The zero-order valence-corrected chi connectivity index (χ0v) is 10.7. The van der Waals surface area contributed by atoms with Crippen molar-refractivity contribution in [3.63, 3.8) is 0 Å². The third-order valence-electron chi connectivity index (χ3n) is 2.34. The average Bonchev–Trinajstić information content (AvgIpc) is 2.65. The molecule has 1 aromatic heterocycles. The zero-order valence-electron chi connectivity index (χ0n) is 9.91. The highest BCUT2D eigenvalue weighted by Gasteiger charge is 2.10. The predicted molar refractivity (Wildman–Crippen MR) is 64.4 cm³/mol. The summed E-state index contributed by atoms with van der Waals surface area (Å²) in [6.45, 7) is 7.33. The van der Waals surface area contributed by atoms with Crippen molar-refractivity contribution in [3.8, 4) is 0 Å². The number of nitrogens with one attached hydrogen (secondary N) is 1. The lowest BCUT2D eigenvalue weighted by Gasteiger charge is -2.09. The number of methoxy groups -OCH3 is 1. The van der Waals surface area contributed by atoms with Gasteiger partial charge in [0, 0.05) is 25.0 Å². The minimum atomic E-state index is 0.109. The van der Waals surface area contributed by atoms with E-state index in [1.54, 1.807) is 18.4 Å². The molecule has 0 fully saturated rings. The number of likely N-dealkylation sites (N-methyl/N-ethyl adjacent to an activating group) is 1. The van der Waals surface area contributed by atoms with Crippen molar-refractivity contribution >= 4 is 11.3 Å². The maximum absolute atomic E-state index is 5.23. The van der Waals surface area contributed by atoms with Crippen molar-refractivity contribution in [3.05, 3.63) is 16.1 Å². The molecule has 1 N–H and O–H groups in total. The van der Waals surface area contributed by atoms with Crippen molar-refractivity contribution in [2.45, 2.75) is 39.3 Å². The van der Waals surface area contributed by atoms with E-state index in [1.165, 1.54) is 0 Å². The van der Waals surface area contributed by atoms with Crippen LogP contribution in [0.1, 0.15) is 37.6 Å². The summed E-state index contributed by atoms with van der Waals surface area (Å²) in [6, 6.07) is 0.489. The Kier molecular flexibility index (Phi) is 5.22. The largest absolute Gasteiger partial charge is 0.375 e. The van der Waals surface area contributed by atoms with Crippen LogP contribution in [0.4, 0.5) is 0 Å². The Morgan fingerprint density at radius 2 is 2.27 bits per heavy atom. The highest BCUT2D eigenvalue weighted by Crippen LogP contribution is 2.20. The minimum absolute atomic E-state index is 0.109. The first-order valence-electron chi connectivity index (χ1n) is 5.37. The molecule has 0 aliphatic rings. The quantitative estimate of drug-likeness (QED) is 0.812. The second-order valence-corrected chi connectivity index (χ2v) is 4.61. The Hall–Kier alpha value is -0.450. The van der Waals surface area contributed by atoms with Gasteiger partial charge in [0.1, 0.15) is 11.1 Å². The monoisotopic (exact) mass is 228 g/mol. The van der Waals surface area contributed by atoms with Gasteiger partial charge in [-0.05, 0) is 20.4 Å². The number of nitrogens with zero attached hydrogens (tertiary/aromatic N) is 1. The summed E-state index contributed by atoms with van der Waals surface area (Å²) in [4.78, 5) is 4.56. The smallest absolute Gasteiger partial charge is 0.121 e. The summed E-state index contributed by atoms with van der Waals surface area (Å²) >= 11 is 1.68. The molecule has 1 aromatic rings. The number of thiazole rings is 1. The van der Waals surface area contributed by atoms with Crippen LogP contribution >= 0.6 is 11.3 Å². The minimum Gasteiger partial charge on any atom is -0.375 e. The van der Waals surface area contributed by atoms with Crippen molar-refractivity contribution in [2.75, 3.05) is 13.7 Å². The molecule has 0 aromatic carbocycles. The van der Waals surface area contributed by atoms with E-state index in [9.17, 15) is 0 Å². The lowest BCUT2D eigenvalue weighted by Crippen LogP contribution is -2.27. The maximum atomic E-state index is 5.23. The molecule has 0 saturated carbocycles. The van der Waals surface area contributed by atoms with Gasteiger partial charge >= 0.3 is 0 Å². The third-order valence-corrected chi connectivity index (χ3v) is 3.39. The predicted octanol–water partition coefficient (Wildman–Crippen LogP) is 2.39. The Labute approximate surface area is 95.9 Å². The normalized spacial score (nSPS) is 15.2. The van der Waals surface area contributed by atoms with Gasteiger partial charge in [0.05, 0.1) is 5.69 Å². The van der Waals surface area contributed by atoms with Gasteiger partial charge in [0.15, 0.2) is 0 Å². The van der Waals surface area contributed by atoms with Crippen molar-refractivity contribution in [1.29, 1.82) is 0 Å². The van der Waals surface area contributed by atoms with E-state index in [0.29, 0.717) is 6.04 Å². The Morgan fingerprint density at radius 1 is 1.53 bits per heavy atom. The van der Waals surface area contributed by atoms with Gasteiger partial charge in [0.25, 0.3) is 0 Å². The van der Waals surface area contributed by atoms with E-state index in [0.717, 1.165) is 23.7 Å². The SMILES string of the molecule is CCNC(C)Cc1csc(C(C)OC)n1. The first kappa shape index (κ1) is 12.6. The van der Waals surface area contributed by atoms with Gasteiger partial charge in [-0.1, -0.05) is 6.92 Å². The van der Waals surface area contributed by atoms with Crippen LogP contribution in [0.2, 0.25) is 0 Å². The van der Waals surface area contributed by atoms with Crippen LogP contribution in [-0.4, -0.2) is 24.7 Å². The van der Waals surface area contributed by atoms with Crippen LogP contribution in [0.15, 0.2) is 5.38 Å². The summed E-state index contributed by atoms with van der Waals surface area (Å²) in [7, 11) is 1.72. The average molecular weight is 228 g/mol. The van der Waals surface area contributed by atoms with E-state index < -0.39 is 0 Å². The molecule has 2 atom stereocenters. The fourth-order valence-corrected chi connectivity index (χ4v) is 2.30. The lowest BCUT2D eigenvalue weighted by atomic mass is 10.2. The van der Waals surface area contributed by atoms with Crippen LogP contribution in [0.25, 0.3) is 0 Å². The number of hydrogen-bond acceptors (Lipinski definition) is 4. The summed E-state index contributed by atoms with van der Waals surface area (Å²) in [5.74, 6) is 0. The van der Waals surface area contributed by atoms with E-state index in [-0.39, 0.29) is 6.10 Å². The van der Waals surface area contributed by atoms with Crippen LogP contribution in [-0.2, 0) is 11.2 Å². The summed E-state index contributed by atoms with van der Waals surface area (Å²) < 4.78 is 5.23. The standard InChI is InChI=1S/C11H20N2OS/c1-5-12-8(2)6-10-7-15-11(13-10)9(3)14-4/h7-9,12H,5-6H2,1-4H3. The highest BCUT2D eigenvalue weighted by molar-refractivity contribution is 7.09. The molecule has 15 heavy (non-hydrogen) atoms. The van der Waals surface area contributed by atoms with Gasteiger partial charge in [-0.3, -0.25) is 0 Å². The Morgan fingerprint density at radius 3 is 2.87 bits per heavy atom. The first-order valence-corrected chi connectivity index (χ1v) is 6.25. The van der Waals surface area contributed by atoms with E-state index in [4.69, 9.17) is 4.74 Å². The molecule has 86 valence electrons. The molecule has 0 bridgehead atoms. The number of rotatable bonds is 6. The number of ether oxygens (including phenoxy) is 1. The fourth-order valence-electron chi connectivity index (χ4n) is 1.44. The van der Waals surface area contributed by atoms with Crippen LogP contribution < -0.4 is 5.32 Å². The molecule has 0 aliphatic heterocycles. The Bertz CT molecular complexity index is 288. The molecule has 1 heterocycles. The lowest BCUT2D eigenvalue weighted by molar-refractivity contribution is 0.119. The van der Waals surface area contributed by atoms with E-state index >= 15 is 0 Å². The summed E-state index contributed by atoms with van der Waals surface area (Å²) in [6.07, 6.45) is 1.10. The van der Waals surface area contributed by atoms with Gasteiger partial charge in [-0.2, -0.15) is 0 Å². The molecule has 0 spiro atoms. The molecule has 1 rings (SSSR count). The van der Waals surface area contributed by atoms with Gasteiger partial charge in [-0.15, -0.1) is 11.3 Å². The highest BCUT2D eigenvalue weighted by atomic mass is 32.1. The molecule has 0 amide bonds. The topological polar surface area (TPSA) is 34.1 Å². The van der Waals surface area contributed by atoms with Gasteiger partial charge in [0.2, 0.25) is 0 Å². The fraction of sp³-hybridized carbons (Fsp3) is 0.727. The molecule has 0 saturated heterocycles. The van der Waals surface area contributed by atoms with Crippen LogP contribution in [0.5, 0.6) is 0 Å². The van der Waals surface area contributed by atoms with Crippen LogP contribution in [0.3, 0.4) is 0 Å². The van der Waals surface area contributed by atoms with E-state index in [2.05, 4.69) is 29.5 Å². The third kappa shape index (κ3) is 3.89. The maximum Gasteiger partial charge on any atom is 0.121 e. The molecule has 3 nitrogen and oxygen atoms in total. The second kappa shape index (κ2) is 6.20. The molecule has 2 unspecified atom stereocenters. The van der Waals surface area contributed by atoms with Crippen LogP contribution in [0, 0.1) is 0 Å². The van der Waals surface area contributed by atoms with Gasteiger partial charge < -0.3 is 10.1 Å². The molecular weight excluding hydrogens is 208 g/mol. The molecule has 0 radical (unpaired) electrons. The van der Waals surface area contributed by atoms with Crippen molar-refractivity contribution in [1.82, 2.24) is 10.3 Å². The molecule has 0 aliphatic carbocycles. The Balaban J connectivity index is 2.52. The summed E-state index contributed by atoms with van der Waals surface area (Å²) in [5.41, 5.74) is 1.16. The first-order chi connectivity index (χ1) is 7.17. The summed E-state index contributed by atoms with van der Waals surface area (Å²) in [5, 5.41) is 6.57. The van der Waals surface area contributed by atoms with Crippen molar-refractivity contribution in [2.24, 2.45) is 0 Å². The number of aromatic nitrogens is 1. The number of hydrogen-bond donors (Lipinski definition) is 1. The molecule has 4 heteroatoms. The van der Waals surface area contributed by atoms with Crippen molar-refractivity contribution < 1.29 is 4.74 Å². The zero-order chi connectivity index (χ0) is 11.3. The molecular formula is C11H20N2OS. The van der Waals surface area contributed by atoms with E-state index in [1.807, 2.05) is 6.92 Å². The second-order valence-electron chi connectivity index (χ2n) is 3.72.